The van der Waals surface area contributed by atoms with Gasteiger partial charge in [0.1, 0.15) is 0 Å². The van der Waals surface area contributed by atoms with Gasteiger partial charge in [-0.3, -0.25) is 4.79 Å². The molecule has 0 aliphatic rings. The van der Waals surface area contributed by atoms with E-state index in [9.17, 15) is 4.79 Å². The molecule has 1 rings (SSSR count). The van der Waals surface area contributed by atoms with Crippen molar-refractivity contribution >= 4 is 28.8 Å². The van der Waals surface area contributed by atoms with Gasteiger partial charge in [0.25, 0.3) is 0 Å². The van der Waals surface area contributed by atoms with E-state index in [1.54, 1.807) is 0 Å². The highest BCUT2D eigenvalue weighted by Gasteiger charge is 2.04. The summed E-state index contributed by atoms with van der Waals surface area (Å²) in [6.07, 6.45) is 2.79. The van der Waals surface area contributed by atoms with Crippen molar-refractivity contribution in [2.24, 2.45) is 0 Å². The summed E-state index contributed by atoms with van der Waals surface area (Å²) >= 11 is 7.27. The average molecular weight is 244 g/mol. The lowest BCUT2D eigenvalue weighted by atomic mass is 10.2. The molecule has 1 aromatic rings. The number of carbonyl (C=O) groups is 1. The first-order chi connectivity index (χ1) is 7.13. The van der Waals surface area contributed by atoms with Crippen molar-refractivity contribution in [3.63, 3.8) is 0 Å². The third-order valence-corrected chi connectivity index (χ3v) is 3.15. The second-order valence-corrected chi connectivity index (χ2v) is 4.98. The highest BCUT2D eigenvalue weighted by atomic mass is 35.5. The average Bonchev–Trinajstić information content (AvgIpc) is 2.61. The molecular formula is C11H14ClNOS. The summed E-state index contributed by atoms with van der Waals surface area (Å²) in [4.78, 5) is 12.6. The van der Waals surface area contributed by atoms with Crippen LogP contribution in [0.5, 0.6) is 0 Å². The molecule has 15 heavy (non-hydrogen) atoms. The van der Waals surface area contributed by atoms with E-state index in [4.69, 9.17) is 11.6 Å². The van der Waals surface area contributed by atoms with Crippen LogP contribution in [0.15, 0.2) is 23.8 Å². The maximum Gasteiger partial charge on any atom is 0.246 e. The van der Waals surface area contributed by atoms with E-state index < -0.39 is 0 Å². The van der Waals surface area contributed by atoms with Crippen LogP contribution in [0.2, 0.25) is 4.34 Å². The van der Waals surface area contributed by atoms with E-state index in [2.05, 4.69) is 5.32 Å². The minimum Gasteiger partial charge on any atom is -0.347 e. The van der Waals surface area contributed by atoms with Crippen molar-refractivity contribution in [1.29, 1.82) is 0 Å². The molecule has 0 spiro atoms. The summed E-state index contributed by atoms with van der Waals surface area (Å²) in [5, 5.41) is 2.84. The Morgan fingerprint density at radius 2 is 2.33 bits per heavy atom. The zero-order chi connectivity index (χ0) is 11.3. The van der Waals surface area contributed by atoms with Crippen LogP contribution in [0, 0.1) is 0 Å². The summed E-state index contributed by atoms with van der Waals surface area (Å²) in [6.45, 7) is 4.38. The molecule has 1 amide bonds. The number of allylic oxidation sites excluding steroid dienone is 1. The molecule has 0 unspecified atom stereocenters. The van der Waals surface area contributed by atoms with E-state index in [1.807, 2.05) is 32.1 Å². The lowest BCUT2D eigenvalue weighted by molar-refractivity contribution is -0.117. The van der Waals surface area contributed by atoms with Crippen LogP contribution in [-0.2, 0) is 11.3 Å². The first-order valence-corrected chi connectivity index (χ1v) is 6.02. The fourth-order valence-electron chi connectivity index (χ4n) is 1.15. The van der Waals surface area contributed by atoms with E-state index in [0.717, 1.165) is 21.2 Å². The monoisotopic (exact) mass is 243 g/mol. The van der Waals surface area contributed by atoms with Gasteiger partial charge in [0.15, 0.2) is 0 Å². The topological polar surface area (TPSA) is 29.1 Å². The van der Waals surface area contributed by atoms with Crippen LogP contribution in [-0.4, -0.2) is 5.91 Å². The molecule has 0 aliphatic carbocycles. The van der Waals surface area contributed by atoms with Crippen LogP contribution in [0.3, 0.4) is 0 Å². The minimum absolute atomic E-state index is 0.0126. The first-order valence-electron chi connectivity index (χ1n) is 4.82. The third kappa shape index (κ3) is 4.06. The van der Waals surface area contributed by atoms with Crippen molar-refractivity contribution in [3.8, 4) is 0 Å². The molecule has 0 fully saturated rings. The summed E-state index contributed by atoms with van der Waals surface area (Å²) in [6, 6.07) is 3.76. The Morgan fingerprint density at radius 1 is 1.60 bits per heavy atom. The van der Waals surface area contributed by atoms with Gasteiger partial charge >= 0.3 is 0 Å². The number of nitrogens with one attached hydrogen (secondary N) is 1. The second-order valence-electron chi connectivity index (χ2n) is 3.18. The molecule has 0 atom stereocenters. The van der Waals surface area contributed by atoms with Crippen molar-refractivity contribution in [2.75, 3.05) is 0 Å². The van der Waals surface area contributed by atoms with E-state index >= 15 is 0 Å². The number of thiophene rings is 1. The van der Waals surface area contributed by atoms with E-state index in [0.29, 0.717) is 6.54 Å². The van der Waals surface area contributed by atoms with Crippen LogP contribution in [0.4, 0.5) is 0 Å². The van der Waals surface area contributed by atoms with Gasteiger partial charge in [-0.15, -0.1) is 11.3 Å². The Labute approximate surface area is 99.0 Å². The van der Waals surface area contributed by atoms with Gasteiger partial charge in [-0.1, -0.05) is 24.6 Å². The fourth-order valence-corrected chi connectivity index (χ4v) is 2.18. The van der Waals surface area contributed by atoms with E-state index in [-0.39, 0.29) is 5.91 Å². The molecule has 0 saturated heterocycles. The van der Waals surface area contributed by atoms with Crippen molar-refractivity contribution in [2.45, 2.75) is 26.8 Å². The second kappa shape index (κ2) is 5.93. The van der Waals surface area contributed by atoms with Crippen molar-refractivity contribution < 1.29 is 4.79 Å². The normalized spacial score (nSPS) is 11.5. The largest absolute Gasteiger partial charge is 0.347 e. The number of hydrogen-bond acceptors (Lipinski definition) is 2. The maximum atomic E-state index is 11.5. The Kier molecular flexibility index (Phi) is 4.85. The number of rotatable bonds is 4. The Morgan fingerprint density at radius 3 is 2.87 bits per heavy atom. The molecule has 1 aromatic heterocycles. The predicted molar refractivity (Wildman–Crippen MR) is 65.2 cm³/mol. The molecule has 4 heteroatoms. The van der Waals surface area contributed by atoms with Crippen LogP contribution in [0.25, 0.3) is 0 Å². The molecule has 0 aliphatic heterocycles. The Balaban J connectivity index is 2.44. The number of hydrogen-bond donors (Lipinski definition) is 1. The molecule has 82 valence electrons. The fraction of sp³-hybridized carbons (Fsp3) is 0.364. The summed E-state index contributed by atoms with van der Waals surface area (Å²) < 4.78 is 0.750. The molecule has 0 bridgehead atoms. The molecule has 0 radical (unpaired) electrons. The summed E-state index contributed by atoms with van der Waals surface area (Å²) in [5.41, 5.74) is 0.764. The van der Waals surface area contributed by atoms with Gasteiger partial charge in [0.2, 0.25) is 5.91 Å². The lowest BCUT2D eigenvalue weighted by Gasteiger charge is -2.03. The zero-order valence-corrected chi connectivity index (χ0v) is 10.4. The molecule has 0 aromatic carbocycles. The van der Waals surface area contributed by atoms with Crippen molar-refractivity contribution in [3.05, 3.63) is 33.0 Å². The quantitative estimate of drug-likeness (QED) is 0.808. The lowest BCUT2D eigenvalue weighted by Crippen LogP contribution is -2.22. The van der Waals surface area contributed by atoms with Crippen LogP contribution >= 0.6 is 22.9 Å². The van der Waals surface area contributed by atoms with Gasteiger partial charge in [-0.05, 0) is 25.5 Å². The Hall–Kier alpha value is -0.800. The Bertz CT molecular complexity index is 370. The standard InChI is InChI=1S/C11H14ClNOS/c1-3-4-8(2)11(14)13-7-9-5-6-10(12)15-9/h4-6H,3,7H2,1-2H3,(H,13,14). The molecule has 1 heterocycles. The van der Waals surface area contributed by atoms with Gasteiger partial charge in [0.05, 0.1) is 10.9 Å². The number of amides is 1. The molecule has 2 nitrogen and oxygen atoms in total. The maximum absolute atomic E-state index is 11.5. The third-order valence-electron chi connectivity index (χ3n) is 1.92. The summed E-state index contributed by atoms with van der Waals surface area (Å²) in [5.74, 6) is -0.0126. The molecule has 0 saturated carbocycles. The van der Waals surface area contributed by atoms with Crippen molar-refractivity contribution in [1.82, 2.24) is 5.32 Å². The number of halogens is 1. The van der Waals surface area contributed by atoms with Crippen LogP contribution in [0.1, 0.15) is 25.1 Å². The molecular weight excluding hydrogens is 230 g/mol. The van der Waals surface area contributed by atoms with Gasteiger partial charge in [-0.2, -0.15) is 0 Å². The zero-order valence-electron chi connectivity index (χ0n) is 8.84. The highest BCUT2D eigenvalue weighted by molar-refractivity contribution is 7.16. The van der Waals surface area contributed by atoms with Gasteiger partial charge in [0, 0.05) is 10.5 Å². The van der Waals surface area contributed by atoms with Crippen LogP contribution < -0.4 is 5.32 Å². The minimum atomic E-state index is -0.0126. The summed E-state index contributed by atoms with van der Waals surface area (Å²) in [7, 11) is 0. The first kappa shape index (κ1) is 12.3. The van der Waals surface area contributed by atoms with Gasteiger partial charge in [-0.25, -0.2) is 0 Å². The highest BCUT2D eigenvalue weighted by Crippen LogP contribution is 2.20. The number of carbonyl (C=O) groups excluding carboxylic acids is 1. The predicted octanol–water partition coefficient (Wildman–Crippen LogP) is 3.37. The molecule has 1 N–H and O–H groups in total. The van der Waals surface area contributed by atoms with E-state index in [1.165, 1.54) is 11.3 Å². The SMILES string of the molecule is CCC=C(C)C(=O)NCc1ccc(Cl)s1. The van der Waals surface area contributed by atoms with Gasteiger partial charge < -0.3 is 5.32 Å². The smallest absolute Gasteiger partial charge is 0.246 e.